The zero-order valence-electron chi connectivity index (χ0n) is 14.7. The van der Waals surface area contributed by atoms with Crippen molar-refractivity contribution in [2.45, 2.75) is 13.5 Å². The van der Waals surface area contributed by atoms with Crippen LogP contribution < -0.4 is 10.6 Å². The zero-order valence-corrected chi connectivity index (χ0v) is 15.5. The molecule has 0 atom stereocenters. The second kappa shape index (κ2) is 10.1. The first-order valence-corrected chi connectivity index (χ1v) is 8.54. The number of carbonyl (C=O) groups excluding carboxylic acids is 3. The van der Waals surface area contributed by atoms with Gasteiger partial charge >= 0.3 is 5.97 Å². The SMILES string of the molecule is CC(=O)N/C(=C\c1ccccc1)C(=O)OCC(=O)NCc1ccc(Cl)cc1. The molecule has 2 aromatic rings. The summed E-state index contributed by atoms with van der Waals surface area (Å²) in [4.78, 5) is 35.4. The van der Waals surface area contributed by atoms with Crippen molar-refractivity contribution in [3.63, 3.8) is 0 Å². The fraction of sp³-hybridized carbons (Fsp3) is 0.150. The van der Waals surface area contributed by atoms with E-state index < -0.39 is 24.4 Å². The normalized spacial score (nSPS) is 10.8. The Morgan fingerprint density at radius 1 is 1.04 bits per heavy atom. The van der Waals surface area contributed by atoms with Crippen LogP contribution in [0, 0.1) is 0 Å². The molecule has 0 aliphatic heterocycles. The van der Waals surface area contributed by atoms with Crippen molar-refractivity contribution < 1.29 is 19.1 Å². The lowest BCUT2D eigenvalue weighted by Crippen LogP contribution is -2.31. The number of amides is 2. The third-order valence-electron chi connectivity index (χ3n) is 3.38. The molecular formula is C20H19ClN2O4. The Morgan fingerprint density at radius 3 is 2.33 bits per heavy atom. The molecule has 0 fully saturated rings. The van der Waals surface area contributed by atoms with E-state index in [9.17, 15) is 14.4 Å². The molecule has 2 rings (SSSR count). The van der Waals surface area contributed by atoms with E-state index in [0.29, 0.717) is 10.6 Å². The van der Waals surface area contributed by atoms with Crippen molar-refractivity contribution in [2.24, 2.45) is 0 Å². The van der Waals surface area contributed by atoms with E-state index >= 15 is 0 Å². The van der Waals surface area contributed by atoms with Gasteiger partial charge in [-0.3, -0.25) is 9.59 Å². The first-order valence-electron chi connectivity index (χ1n) is 8.16. The van der Waals surface area contributed by atoms with Gasteiger partial charge in [0.1, 0.15) is 5.70 Å². The van der Waals surface area contributed by atoms with Gasteiger partial charge < -0.3 is 15.4 Å². The Labute approximate surface area is 162 Å². The Bertz CT molecular complexity index is 833. The molecule has 0 aliphatic carbocycles. The van der Waals surface area contributed by atoms with Crippen LogP contribution in [0.4, 0.5) is 0 Å². The van der Waals surface area contributed by atoms with Crippen LogP contribution in [-0.2, 0) is 25.7 Å². The first kappa shape index (κ1) is 20.2. The van der Waals surface area contributed by atoms with Crippen molar-refractivity contribution in [1.82, 2.24) is 10.6 Å². The molecule has 0 bridgehead atoms. The highest BCUT2D eigenvalue weighted by atomic mass is 35.5. The maximum atomic E-state index is 12.2. The molecule has 2 aromatic carbocycles. The summed E-state index contributed by atoms with van der Waals surface area (Å²) >= 11 is 5.80. The lowest BCUT2D eigenvalue weighted by Gasteiger charge is -2.10. The average molecular weight is 387 g/mol. The topological polar surface area (TPSA) is 84.5 Å². The minimum Gasteiger partial charge on any atom is -0.451 e. The van der Waals surface area contributed by atoms with Crippen LogP contribution in [0.1, 0.15) is 18.1 Å². The number of nitrogens with one attached hydrogen (secondary N) is 2. The van der Waals surface area contributed by atoms with Gasteiger partial charge in [0.2, 0.25) is 5.91 Å². The van der Waals surface area contributed by atoms with Crippen LogP contribution >= 0.6 is 11.6 Å². The number of hydrogen-bond acceptors (Lipinski definition) is 4. The summed E-state index contributed by atoms with van der Waals surface area (Å²) in [7, 11) is 0. The average Bonchev–Trinajstić information content (AvgIpc) is 2.65. The summed E-state index contributed by atoms with van der Waals surface area (Å²) in [5, 5.41) is 5.66. The zero-order chi connectivity index (χ0) is 19.6. The standard InChI is InChI=1S/C20H19ClN2O4/c1-14(24)23-18(11-15-5-3-2-4-6-15)20(26)27-13-19(25)22-12-16-7-9-17(21)10-8-16/h2-11H,12-13H2,1H3,(H,22,25)(H,23,24)/b18-11-. The van der Waals surface area contributed by atoms with Crippen molar-refractivity contribution in [1.29, 1.82) is 0 Å². The molecule has 2 amide bonds. The van der Waals surface area contributed by atoms with E-state index in [0.717, 1.165) is 5.56 Å². The maximum absolute atomic E-state index is 12.2. The number of benzene rings is 2. The molecule has 7 heteroatoms. The number of halogens is 1. The number of ether oxygens (including phenoxy) is 1. The van der Waals surface area contributed by atoms with Crippen molar-refractivity contribution in [3.05, 3.63) is 76.4 Å². The summed E-state index contributed by atoms with van der Waals surface area (Å²) in [5.41, 5.74) is 1.53. The monoisotopic (exact) mass is 386 g/mol. The predicted octanol–water partition coefficient (Wildman–Crippen LogP) is 2.68. The van der Waals surface area contributed by atoms with Crippen LogP contribution in [0.25, 0.3) is 6.08 Å². The predicted molar refractivity (Wildman–Crippen MR) is 102 cm³/mol. The fourth-order valence-electron chi connectivity index (χ4n) is 2.11. The third-order valence-corrected chi connectivity index (χ3v) is 3.63. The summed E-state index contributed by atoms with van der Waals surface area (Å²) in [5.74, 6) is -1.67. The molecule has 0 spiro atoms. The molecule has 0 saturated heterocycles. The maximum Gasteiger partial charge on any atom is 0.355 e. The fourth-order valence-corrected chi connectivity index (χ4v) is 2.24. The molecule has 0 saturated carbocycles. The smallest absolute Gasteiger partial charge is 0.355 e. The first-order chi connectivity index (χ1) is 12.9. The lowest BCUT2D eigenvalue weighted by molar-refractivity contribution is -0.145. The van der Waals surface area contributed by atoms with Gasteiger partial charge in [-0.15, -0.1) is 0 Å². The van der Waals surface area contributed by atoms with Gasteiger partial charge in [0.05, 0.1) is 0 Å². The number of esters is 1. The van der Waals surface area contributed by atoms with Gasteiger partial charge in [-0.25, -0.2) is 4.79 Å². The van der Waals surface area contributed by atoms with E-state index in [-0.39, 0.29) is 12.2 Å². The van der Waals surface area contributed by atoms with E-state index in [1.807, 2.05) is 6.07 Å². The van der Waals surface area contributed by atoms with Gasteiger partial charge in [0.25, 0.3) is 5.91 Å². The molecule has 6 nitrogen and oxygen atoms in total. The largest absolute Gasteiger partial charge is 0.451 e. The van der Waals surface area contributed by atoms with Crippen molar-refractivity contribution in [2.75, 3.05) is 6.61 Å². The molecule has 0 heterocycles. The Kier molecular flexibility index (Phi) is 7.58. The van der Waals surface area contributed by atoms with Gasteiger partial charge in [-0.05, 0) is 29.3 Å². The molecule has 0 aliphatic rings. The molecule has 0 aromatic heterocycles. The van der Waals surface area contributed by atoms with Gasteiger partial charge in [0.15, 0.2) is 6.61 Å². The summed E-state index contributed by atoms with van der Waals surface area (Å²) in [6, 6.07) is 16.0. The minimum atomic E-state index is -0.796. The molecule has 140 valence electrons. The Balaban J connectivity index is 1.90. The van der Waals surface area contributed by atoms with Crippen LogP contribution in [0.2, 0.25) is 5.02 Å². The lowest BCUT2D eigenvalue weighted by atomic mass is 10.2. The summed E-state index contributed by atoms with van der Waals surface area (Å²) < 4.78 is 4.99. The van der Waals surface area contributed by atoms with Crippen LogP contribution in [0.15, 0.2) is 60.3 Å². The van der Waals surface area contributed by atoms with Crippen LogP contribution in [0.3, 0.4) is 0 Å². The Morgan fingerprint density at radius 2 is 1.70 bits per heavy atom. The van der Waals surface area contributed by atoms with Gasteiger partial charge in [-0.1, -0.05) is 54.1 Å². The quantitative estimate of drug-likeness (QED) is 0.566. The van der Waals surface area contributed by atoms with Crippen molar-refractivity contribution >= 4 is 35.5 Å². The van der Waals surface area contributed by atoms with Gasteiger partial charge in [-0.2, -0.15) is 0 Å². The molecule has 0 radical (unpaired) electrons. The minimum absolute atomic E-state index is 0.0424. The van der Waals surface area contributed by atoms with Crippen LogP contribution in [-0.4, -0.2) is 24.4 Å². The number of rotatable bonds is 7. The van der Waals surface area contributed by atoms with Crippen molar-refractivity contribution in [3.8, 4) is 0 Å². The number of hydrogen-bond donors (Lipinski definition) is 2. The van der Waals surface area contributed by atoms with E-state index in [1.54, 1.807) is 48.5 Å². The van der Waals surface area contributed by atoms with E-state index in [1.165, 1.54) is 13.0 Å². The summed E-state index contributed by atoms with van der Waals surface area (Å²) in [6.45, 7) is 1.11. The number of carbonyl (C=O) groups is 3. The molecule has 2 N–H and O–H groups in total. The highest BCUT2D eigenvalue weighted by molar-refractivity contribution is 6.30. The third kappa shape index (κ3) is 7.33. The van der Waals surface area contributed by atoms with E-state index in [4.69, 9.17) is 16.3 Å². The molecular weight excluding hydrogens is 368 g/mol. The second-order valence-corrected chi connectivity index (χ2v) is 6.07. The van der Waals surface area contributed by atoms with E-state index in [2.05, 4.69) is 10.6 Å². The highest BCUT2D eigenvalue weighted by Crippen LogP contribution is 2.09. The Hall–Kier alpha value is -3.12. The molecule has 27 heavy (non-hydrogen) atoms. The second-order valence-electron chi connectivity index (χ2n) is 5.63. The summed E-state index contributed by atoms with van der Waals surface area (Å²) in [6.07, 6.45) is 1.48. The van der Waals surface area contributed by atoms with Crippen LogP contribution in [0.5, 0.6) is 0 Å². The highest BCUT2D eigenvalue weighted by Gasteiger charge is 2.14. The molecule has 0 unspecified atom stereocenters. The van der Waals surface area contributed by atoms with Gasteiger partial charge in [0, 0.05) is 18.5 Å².